The second-order valence-corrected chi connectivity index (χ2v) is 20.0. The van der Waals surface area contributed by atoms with Gasteiger partial charge >= 0.3 is 51.9 Å². The van der Waals surface area contributed by atoms with Gasteiger partial charge in [-0.3, -0.25) is 0 Å². The van der Waals surface area contributed by atoms with Crippen LogP contribution >= 0.6 is 38.8 Å². The fourth-order valence-electron chi connectivity index (χ4n) is 0. The second kappa shape index (κ2) is 1.53. The Labute approximate surface area is 51.7 Å². The molecule has 0 unspecified atom stereocenters. The summed E-state index contributed by atoms with van der Waals surface area (Å²) in [5.41, 5.74) is 0. The molecule has 0 aliphatic carbocycles. The summed E-state index contributed by atoms with van der Waals surface area (Å²) in [5.74, 6) is 0. The first-order valence-corrected chi connectivity index (χ1v) is 10.3. The average Bonchev–Trinajstić information content (AvgIpc) is 0.650. The maximum absolute atomic E-state index is 9.92. The van der Waals surface area contributed by atoms with Gasteiger partial charge in [-0.15, -0.1) is 0 Å². The minimum atomic E-state index is -4.84. The van der Waals surface area contributed by atoms with E-state index in [1.165, 1.54) is 0 Å². The van der Waals surface area contributed by atoms with Gasteiger partial charge < -0.3 is 0 Å². The number of hydrogen-bond acceptors (Lipinski definition) is 1. The molecule has 0 amide bonds. The van der Waals surface area contributed by atoms with Gasteiger partial charge in [0.2, 0.25) is 0 Å². The molecule has 0 heterocycles. The summed E-state index contributed by atoms with van der Waals surface area (Å²) in [5, 5.41) is 0. The van der Waals surface area contributed by atoms with Gasteiger partial charge in [-0.25, -0.2) is 0 Å². The zero-order valence-corrected chi connectivity index (χ0v) is 7.04. The van der Waals surface area contributed by atoms with Crippen LogP contribution in [-0.4, -0.2) is 0 Å². The fourth-order valence-corrected chi connectivity index (χ4v) is 0. The van der Waals surface area contributed by atoms with Crippen molar-refractivity contribution in [2.75, 3.05) is 0 Å². The van der Waals surface area contributed by atoms with Gasteiger partial charge in [-0.1, -0.05) is 0 Å². The molecule has 0 aromatic heterocycles. The van der Waals surface area contributed by atoms with Crippen LogP contribution in [0.3, 0.4) is 0 Å². The summed E-state index contributed by atoms with van der Waals surface area (Å²) in [6.45, 7) is 0. The average molecular weight is 259 g/mol. The fraction of sp³-hybridized carbons (Fsp3) is 0. The summed E-state index contributed by atoms with van der Waals surface area (Å²) in [6.07, 6.45) is 0. The van der Waals surface area contributed by atoms with E-state index < -0.39 is 9.59 Å². The van der Waals surface area contributed by atoms with E-state index >= 15 is 0 Å². The molecule has 0 radical (unpaired) electrons. The molecule has 0 spiro atoms. The third kappa shape index (κ3) is 46.8. The first-order valence-electron chi connectivity index (χ1n) is 0.679. The Bertz CT molecular complexity index is 85.2. The van der Waals surface area contributed by atoms with E-state index in [1.54, 1.807) is 0 Å². The number of hydrogen-bond donors (Lipinski definition) is 0. The van der Waals surface area contributed by atoms with Crippen LogP contribution in [0, 0.1) is 0 Å². The summed E-state index contributed by atoms with van der Waals surface area (Å²) < 4.78 is 9.92. The van der Waals surface area contributed by atoms with E-state index in [-0.39, 0.29) is 0 Å². The summed E-state index contributed by atoms with van der Waals surface area (Å²) >= 11 is 0. The minimum absolute atomic E-state index is 4.70. The van der Waals surface area contributed by atoms with Crippen molar-refractivity contribution in [3.05, 3.63) is 0 Å². The molecule has 0 N–H and O–H groups in total. The number of halogens is 4. The van der Waals surface area contributed by atoms with Crippen molar-refractivity contribution in [1.29, 1.82) is 0 Å². The summed E-state index contributed by atoms with van der Waals surface area (Å²) in [6, 6.07) is 0. The number of rotatable bonds is 0. The molecule has 6 heavy (non-hydrogen) atoms. The second-order valence-electron chi connectivity index (χ2n) is 0.521. The van der Waals surface area contributed by atoms with Crippen LogP contribution in [-0.2, 0) is 13.2 Å². The van der Waals surface area contributed by atoms with Gasteiger partial charge in [0.05, 0.1) is 0 Å². The molecule has 0 bridgehead atoms. The quantitative estimate of drug-likeness (QED) is 0.611. The predicted octanol–water partition coefficient (Wildman–Crippen LogP) is 2.64. The molecule has 42 valence electrons. The van der Waals surface area contributed by atoms with Crippen LogP contribution in [0.15, 0.2) is 0 Å². The zero-order chi connectivity index (χ0) is 5.45. The Kier molecular flexibility index (Phi) is 1.93. The molecular formula is Cl4ORu. The molecule has 0 saturated carbocycles. The van der Waals surface area contributed by atoms with Gasteiger partial charge in [0, 0.05) is 0 Å². The van der Waals surface area contributed by atoms with E-state index in [1.807, 2.05) is 0 Å². The van der Waals surface area contributed by atoms with Gasteiger partial charge in [0.15, 0.2) is 0 Å². The molecule has 0 aliphatic rings. The van der Waals surface area contributed by atoms with E-state index in [0.29, 0.717) is 0 Å². The molecule has 6 heteroatoms. The van der Waals surface area contributed by atoms with Crippen molar-refractivity contribution in [1.82, 2.24) is 0 Å². The predicted molar refractivity (Wildman–Crippen MR) is 24.1 cm³/mol. The molecule has 0 rings (SSSR count). The van der Waals surface area contributed by atoms with Crippen molar-refractivity contribution < 1.29 is 13.2 Å². The molecule has 0 fully saturated rings. The van der Waals surface area contributed by atoms with E-state index in [0.717, 1.165) is 0 Å². The van der Waals surface area contributed by atoms with Gasteiger partial charge in [-0.05, 0) is 0 Å². The van der Waals surface area contributed by atoms with Crippen molar-refractivity contribution in [3.63, 3.8) is 0 Å². The van der Waals surface area contributed by atoms with Gasteiger partial charge in [0.1, 0.15) is 0 Å². The molecule has 0 saturated heterocycles. The third-order valence-electron chi connectivity index (χ3n) is 0. The Hall–Kier alpha value is 1.58. The Morgan fingerprint density at radius 3 is 1.00 bits per heavy atom. The van der Waals surface area contributed by atoms with Crippen molar-refractivity contribution in [2.45, 2.75) is 0 Å². The van der Waals surface area contributed by atoms with E-state index in [4.69, 9.17) is 38.8 Å². The molecule has 1 nitrogen and oxygen atoms in total. The van der Waals surface area contributed by atoms with Crippen LogP contribution in [0.4, 0.5) is 0 Å². The zero-order valence-electron chi connectivity index (χ0n) is 2.27. The molecular weight excluding hydrogens is 259 g/mol. The Morgan fingerprint density at radius 1 is 1.00 bits per heavy atom. The van der Waals surface area contributed by atoms with Crippen molar-refractivity contribution >= 4 is 38.8 Å². The van der Waals surface area contributed by atoms with Crippen LogP contribution in [0.1, 0.15) is 0 Å². The SMILES string of the molecule is [O]=[Ru]([Cl])([Cl])([Cl])[Cl]. The monoisotopic (exact) mass is 258 g/mol. The molecule has 0 atom stereocenters. The molecule has 0 aliphatic heterocycles. The van der Waals surface area contributed by atoms with Crippen LogP contribution < -0.4 is 0 Å². The van der Waals surface area contributed by atoms with Crippen LogP contribution in [0.5, 0.6) is 0 Å². The van der Waals surface area contributed by atoms with Crippen LogP contribution in [0.2, 0.25) is 0 Å². The van der Waals surface area contributed by atoms with E-state index in [2.05, 4.69) is 0 Å². The summed E-state index contributed by atoms with van der Waals surface area (Å²) in [7, 11) is 14.0. The maximum atomic E-state index is 9.92. The Morgan fingerprint density at radius 2 is 1.00 bits per heavy atom. The topological polar surface area (TPSA) is 17.1 Å². The normalized spacial score (nSPS) is 19.0. The van der Waals surface area contributed by atoms with E-state index in [9.17, 15) is 3.57 Å². The van der Waals surface area contributed by atoms with Crippen molar-refractivity contribution in [2.24, 2.45) is 0 Å². The first-order chi connectivity index (χ1) is 2.24. The van der Waals surface area contributed by atoms with Crippen LogP contribution in [0.25, 0.3) is 0 Å². The standard InChI is InChI=1S/4ClH.O.Ru/h4*1H;;/q;;;;;+4/p-4. The summed E-state index contributed by atoms with van der Waals surface area (Å²) in [4.78, 5) is 0. The third-order valence-corrected chi connectivity index (χ3v) is 0. The molecule has 0 aromatic carbocycles. The first kappa shape index (κ1) is 7.58. The Balaban J connectivity index is 4.16. The van der Waals surface area contributed by atoms with Gasteiger partial charge in [-0.2, -0.15) is 0 Å². The molecule has 0 aromatic rings. The van der Waals surface area contributed by atoms with Gasteiger partial charge in [0.25, 0.3) is 0 Å². The van der Waals surface area contributed by atoms with Crippen molar-refractivity contribution in [3.8, 4) is 0 Å².